The Morgan fingerprint density at radius 1 is 1.11 bits per heavy atom. The molecule has 6 rings (SSSR count). The summed E-state index contributed by atoms with van der Waals surface area (Å²) in [6.45, 7) is 3.08. The van der Waals surface area contributed by atoms with E-state index in [1.54, 1.807) is 36.4 Å². The van der Waals surface area contributed by atoms with Gasteiger partial charge >= 0.3 is 5.91 Å². The molecule has 2 aliphatic rings. The van der Waals surface area contributed by atoms with E-state index in [0.717, 1.165) is 9.60 Å². The number of hydrogen-bond donors (Lipinski definition) is 1. The molecule has 3 heterocycles. The molecular weight excluding hydrogens is 511 g/mol. The molecule has 10 heteroatoms. The number of halogens is 1. The van der Waals surface area contributed by atoms with E-state index in [9.17, 15) is 14.7 Å². The Hall–Kier alpha value is -4.44. The van der Waals surface area contributed by atoms with Crippen LogP contribution in [-0.4, -0.2) is 41.6 Å². The van der Waals surface area contributed by atoms with Crippen LogP contribution >= 0.6 is 11.3 Å². The smallest absolute Gasteiger partial charge is 0.301 e. The predicted molar refractivity (Wildman–Crippen MR) is 139 cm³/mol. The average molecular weight is 533 g/mol. The molecule has 0 bridgehead atoms. The van der Waals surface area contributed by atoms with Crippen molar-refractivity contribution in [2.75, 3.05) is 24.7 Å². The van der Waals surface area contributed by atoms with Crippen LogP contribution in [0.3, 0.4) is 0 Å². The second kappa shape index (κ2) is 9.46. The summed E-state index contributed by atoms with van der Waals surface area (Å²) in [6, 6.07) is 14.6. The Morgan fingerprint density at radius 3 is 2.68 bits per heavy atom. The predicted octanol–water partition coefficient (Wildman–Crippen LogP) is 5.23. The number of aromatic nitrogens is 1. The lowest BCUT2D eigenvalue weighted by Gasteiger charge is -2.23. The number of carbonyl (C=O) groups excluding carboxylic acids is 2. The van der Waals surface area contributed by atoms with Crippen LogP contribution in [0.25, 0.3) is 16.0 Å². The molecule has 8 nitrogen and oxygen atoms in total. The molecule has 2 aliphatic heterocycles. The number of ketones is 1. The number of amides is 1. The minimum Gasteiger partial charge on any atom is -0.507 e. The van der Waals surface area contributed by atoms with Gasteiger partial charge < -0.3 is 19.3 Å². The molecule has 3 aromatic carbocycles. The molecule has 1 aromatic heterocycles. The number of ether oxygens (including phenoxy) is 3. The highest BCUT2D eigenvalue weighted by atomic mass is 32.1. The van der Waals surface area contributed by atoms with Gasteiger partial charge in [-0.3, -0.25) is 14.5 Å². The Balaban J connectivity index is 1.52. The van der Waals surface area contributed by atoms with Crippen LogP contribution in [0.4, 0.5) is 9.52 Å². The maximum Gasteiger partial charge on any atom is 0.301 e. The summed E-state index contributed by atoms with van der Waals surface area (Å²) in [5, 5.41) is 11.6. The number of aliphatic hydroxyl groups excluding tert-OH is 1. The number of benzene rings is 3. The van der Waals surface area contributed by atoms with E-state index in [2.05, 4.69) is 4.98 Å². The first-order valence-corrected chi connectivity index (χ1v) is 12.8. The van der Waals surface area contributed by atoms with E-state index >= 15 is 4.39 Å². The topological polar surface area (TPSA) is 98.2 Å². The van der Waals surface area contributed by atoms with Gasteiger partial charge in [0.05, 0.1) is 22.4 Å². The molecule has 1 saturated heterocycles. The van der Waals surface area contributed by atoms with Crippen molar-refractivity contribution in [3.63, 3.8) is 0 Å². The molecule has 1 amide bonds. The van der Waals surface area contributed by atoms with Crippen LogP contribution in [0.5, 0.6) is 17.2 Å². The van der Waals surface area contributed by atoms with Gasteiger partial charge in [0.25, 0.3) is 5.78 Å². The van der Waals surface area contributed by atoms with Crippen molar-refractivity contribution in [3.05, 3.63) is 83.2 Å². The summed E-state index contributed by atoms with van der Waals surface area (Å²) in [7, 11) is 0. The van der Waals surface area contributed by atoms with E-state index in [1.165, 1.54) is 35.6 Å². The molecule has 0 spiro atoms. The highest BCUT2D eigenvalue weighted by Gasteiger charge is 2.49. The van der Waals surface area contributed by atoms with Gasteiger partial charge in [-0.05, 0) is 49.4 Å². The van der Waals surface area contributed by atoms with Gasteiger partial charge in [-0.15, -0.1) is 0 Å². The van der Waals surface area contributed by atoms with E-state index in [1.807, 2.05) is 6.92 Å². The summed E-state index contributed by atoms with van der Waals surface area (Å²) in [5.41, 5.74) is 0.639. The van der Waals surface area contributed by atoms with Crippen molar-refractivity contribution in [1.29, 1.82) is 0 Å². The first-order chi connectivity index (χ1) is 18.5. The number of rotatable bonds is 5. The number of Topliss-reactive ketones (excluding diaryl/α,β-unsaturated/α-hetero) is 1. The van der Waals surface area contributed by atoms with Crippen molar-refractivity contribution < 1.29 is 33.3 Å². The number of carbonyl (C=O) groups is 2. The molecule has 1 fully saturated rings. The van der Waals surface area contributed by atoms with Crippen LogP contribution in [0.1, 0.15) is 24.1 Å². The number of nitrogens with zero attached hydrogens (tertiary/aromatic N) is 2. The van der Waals surface area contributed by atoms with Gasteiger partial charge in [0.15, 0.2) is 16.6 Å². The lowest BCUT2D eigenvalue weighted by molar-refractivity contribution is -0.132. The Bertz CT molecular complexity index is 1630. The minimum atomic E-state index is -1.24. The first-order valence-electron chi connectivity index (χ1n) is 11.9. The molecule has 192 valence electrons. The SMILES string of the molecule is CCOc1ccc2nc(N3C(=O)C(=O)C(=C(O)c4ccc5c(c4)OCCO5)[C@@H]3c3ccccc3F)sc2c1. The van der Waals surface area contributed by atoms with Gasteiger partial charge in [0.2, 0.25) is 0 Å². The molecular formula is C28H21FN2O6S. The van der Waals surface area contributed by atoms with Crippen LogP contribution < -0.4 is 19.1 Å². The fourth-order valence-corrected chi connectivity index (χ4v) is 5.64. The van der Waals surface area contributed by atoms with E-state index in [4.69, 9.17) is 14.2 Å². The molecule has 0 saturated carbocycles. The average Bonchev–Trinajstić information content (AvgIpc) is 3.46. The van der Waals surface area contributed by atoms with Gasteiger partial charge in [-0.2, -0.15) is 0 Å². The summed E-state index contributed by atoms with van der Waals surface area (Å²) >= 11 is 1.17. The number of anilines is 1. The van der Waals surface area contributed by atoms with Crippen molar-refractivity contribution >= 4 is 44.1 Å². The van der Waals surface area contributed by atoms with Gasteiger partial charge in [-0.1, -0.05) is 29.5 Å². The van der Waals surface area contributed by atoms with Crippen molar-refractivity contribution in [2.45, 2.75) is 13.0 Å². The van der Waals surface area contributed by atoms with E-state index < -0.39 is 29.3 Å². The second-order valence-electron chi connectivity index (χ2n) is 8.61. The molecule has 0 aliphatic carbocycles. The van der Waals surface area contributed by atoms with Gasteiger partial charge in [0.1, 0.15) is 36.6 Å². The summed E-state index contributed by atoms with van der Waals surface area (Å²) in [6.07, 6.45) is 0. The number of aliphatic hydroxyl groups is 1. The standard InChI is InChI=1S/C28H21FN2O6S/c1-2-35-16-8-9-19-22(14-16)38-28(30-19)31-24(17-5-3-4-6-18(17)29)23(26(33)27(31)34)25(32)15-7-10-20-21(13-15)37-12-11-36-20/h3-10,13-14,24,32H,2,11-12H2,1H3/t24-/m0/s1. The molecule has 38 heavy (non-hydrogen) atoms. The molecule has 0 radical (unpaired) electrons. The number of hydrogen-bond acceptors (Lipinski definition) is 8. The minimum absolute atomic E-state index is 0.0556. The molecule has 4 aromatic rings. The Morgan fingerprint density at radius 2 is 1.89 bits per heavy atom. The number of fused-ring (bicyclic) bond motifs is 2. The van der Waals surface area contributed by atoms with Crippen LogP contribution in [0.2, 0.25) is 0 Å². The highest BCUT2D eigenvalue weighted by Crippen LogP contribution is 2.45. The third-order valence-corrected chi connectivity index (χ3v) is 7.34. The summed E-state index contributed by atoms with van der Waals surface area (Å²) < 4.78 is 32.6. The van der Waals surface area contributed by atoms with Gasteiger partial charge in [0, 0.05) is 11.1 Å². The molecule has 1 N–H and O–H groups in total. The van der Waals surface area contributed by atoms with Crippen molar-refractivity contribution in [3.8, 4) is 17.2 Å². The first kappa shape index (κ1) is 23.9. The second-order valence-corrected chi connectivity index (χ2v) is 9.62. The van der Waals surface area contributed by atoms with Crippen LogP contribution in [0, 0.1) is 5.82 Å². The quantitative estimate of drug-likeness (QED) is 0.213. The van der Waals surface area contributed by atoms with E-state index in [-0.39, 0.29) is 21.8 Å². The Kier molecular flexibility index (Phi) is 5.96. The van der Waals surface area contributed by atoms with Gasteiger partial charge in [-0.25, -0.2) is 9.37 Å². The monoisotopic (exact) mass is 532 g/mol. The summed E-state index contributed by atoms with van der Waals surface area (Å²) in [4.78, 5) is 32.6. The number of thiazole rings is 1. The third kappa shape index (κ3) is 3.93. The normalized spacial score (nSPS) is 18.3. The lowest BCUT2D eigenvalue weighted by Crippen LogP contribution is -2.29. The van der Waals surface area contributed by atoms with Crippen molar-refractivity contribution in [2.24, 2.45) is 0 Å². The maximum atomic E-state index is 15.2. The van der Waals surface area contributed by atoms with Crippen molar-refractivity contribution in [1.82, 2.24) is 4.98 Å². The highest BCUT2D eigenvalue weighted by molar-refractivity contribution is 7.22. The summed E-state index contributed by atoms with van der Waals surface area (Å²) in [5.74, 6) is -1.40. The van der Waals surface area contributed by atoms with E-state index in [0.29, 0.717) is 42.6 Å². The van der Waals surface area contributed by atoms with Crippen LogP contribution in [0.15, 0.2) is 66.2 Å². The zero-order chi connectivity index (χ0) is 26.4. The fraction of sp³-hybridized carbons (Fsp3) is 0.179. The molecule has 0 unspecified atom stereocenters. The van der Waals surface area contributed by atoms with Crippen LogP contribution in [-0.2, 0) is 9.59 Å². The zero-order valence-electron chi connectivity index (χ0n) is 20.1. The largest absolute Gasteiger partial charge is 0.507 e. The molecule has 1 atom stereocenters. The zero-order valence-corrected chi connectivity index (χ0v) is 21.0. The fourth-order valence-electron chi connectivity index (χ4n) is 4.62. The Labute approximate surface area is 220 Å². The lowest BCUT2D eigenvalue weighted by atomic mass is 9.95. The third-order valence-electron chi connectivity index (χ3n) is 6.33. The maximum absolute atomic E-state index is 15.2.